The highest BCUT2D eigenvalue weighted by molar-refractivity contribution is 5.84. The van der Waals surface area contributed by atoms with E-state index in [1.165, 1.54) is 0 Å². The number of nitrogens with one attached hydrogen (secondary N) is 3. The molecule has 3 amide bonds. The summed E-state index contributed by atoms with van der Waals surface area (Å²) in [5, 5.41) is 25.8. The van der Waals surface area contributed by atoms with Gasteiger partial charge in [0, 0.05) is 32.4 Å². The van der Waals surface area contributed by atoms with Crippen molar-refractivity contribution in [1.82, 2.24) is 16.0 Å². The summed E-state index contributed by atoms with van der Waals surface area (Å²) in [4.78, 5) is 67.9. The van der Waals surface area contributed by atoms with E-state index in [2.05, 4.69) is 16.0 Å². The summed E-state index contributed by atoms with van der Waals surface area (Å²) in [5.74, 6) is -2.93. The molecule has 0 spiro atoms. The number of rotatable bonds is 34. The maximum atomic E-state index is 12.2. The first-order valence-corrected chi connectivity index (χ1v) is 16.2. The second-order valence-electron chi connectivity index (χ2n) is 10.6. The molecule has 0 rings (SSSR count). The first-order valence-electron chi connectivity index (χ1n) is 16.2. The van der Waals surface area contributed by atoms with Gasteiger partial charge in [0.25, 0.3) is 0 Å². The van der Waals surface area contributed by atoms with Crippen molar-refractivity contribution in [3.8, 4) is 0 Å². The van der Waals surface area contributed by atoms with Crippen molar-refractivity contribution in [2.75, 3.05) is 65.9 Å². The lowest BCUT2D eigenvalue weighted by atomic mass is 10.0. The highest BCUT2D eigenvalue weighted by atomic mass is 16.5. The lowest BCUT2D eigenvalue weighted by Gasteiger charge is -2.14. The molecule has 15 nitrogen and oxygen atoms in total. The van der Waals surface area contributed by atoms with Crippen molar-refractivity contribution in [3.05, 3.63) is 0 Å². The molecule has 0 aromatic rings. The Morgan fingerprint density at radius 1 is 0.565 bits per heavy atom. The molecule has 0 aromatic heterocycles. The molecule has 5 N–H and O–H groups in total. The van der Waals surface area contributed by atoms with E-state index < -0.39 is 18.0 Å². The third-order valence-corrected chi connectivity index (χ3v) is 6.61. The van der Waals surface area contributed by atoms with Crippen LogP contribution in [0.15, 0.2) is 0 Å². The van der Waals surface area contributed by atoms with Gasteiger partial charge in [-0.2, -0.15) is 0 Å². The highest BCUT2D eigenvalue weighted by Crippen LogP contribution is 2.12. The average molecular weight is 661 g/mol. The summed E-state index contributed by atoms with van der Waals surface area (Å²) >= 11 is 0. The summed E-state index contributed by atoms with van der Waals surface area (Å²) in [7, 11) is 0. The monoisotopic (exact) mass is 660 g/mol. The quantitative estimate of drug-likeness (QED) is 0.0621. The molecular weight excluding hydrogens is 606 g/mol. The van der Waals surface area contributed by atoms with E-state index in [-0.39, 0.29) is 89.6 Å². The zero-order chi connectivity index (χ0) is 34.1. The predicted molar refractivity (Wildman–Crippen MR) is 167 cm³/mol. The Morgan fingerprint density at radius 2 is 1.07 bits per heavy atom. The number of hydrogen-bond acceptors (Lipinski definition) is 10. The van der Waals surface area contributed by atoms with Gasteiger partial charge < -0.3 is 45.1 Å². The minimum absolute atomic E-state index is 0.0270. The lowest BCUT2D eigenvalue weighted by Crippen LogP contribution is -2.41. The van der Waals surface area contributed by atoms with Crippen molar-refractivity contribution < 1.29 is 57.9 Å². The van der Waals surface area contributed by atoms with Crippen molar-refractivity contribution in [3.63, 3.8) is 0 Å². The number of carboxylic acids is 2. The van der Waals surface area contributed by atoms with Crippen LogP contribution in [0.2, 0.25) is 0 Å². The van der Waals surface area contributed by atoms with Crippen LogP contribution in [0.25, 0.3) is 0 Å². The fraction of sp³-hybridized carbons (Fsp3) is 0.806. The zero-order valence-corrected chi connectivity index (χ0v) is 27.0. The van der Waals surface area contributed by atoms with Crippen LogP contribution in [0, 0.1) is 0 Å². The van der Waals surface area contributed by atoms with Crippen LogP contribution >= 0.6 is 0 Å². The fourth-order valence-corrected chi connectivity index (χ4v) is 4.16. The number of carbonyl (C=O) groups is 5. The van der Waals surface area contributed by atoms with Crippen LogP contribution in [0.4, 0.5) is 0 Å². The Hall–Kier alpha value is -3.14. The van der Waals surface area contributed by atoms with Crippen molar-refractivity contribution in [1.29, 1.82) is 0 Å². The number of aliphatic carboxylic acids is 2. The van der Waals surface area contributed by atoms with Gasteiger partial charge in [0.2, 0.25) is 24.0 Å². The van der Waals surface area contributed by atoms with Crippen LogP contribution in [0.5, 0.6) is 0 Å². The van der Waals surface area contributed by atoms with Gasteiger partial charge in [-0.1, -0.05) is 51.4 Å². The number of amides is 3. The fourth-order valence-electron chi connectivity index (χ4n) is 4.16. The maximum absolute atomic E-state index is 12.2. The van der Waals surface area contributed by atoms with E-state index in [9.17, 15) is 33.9 Å². The topological polar surface area (TPSA) is 216 Å². The molecule has 1 radical (unpaired) electrons. The van der Waals surface area contributed by atoms with E-state index in [0.717, 1.165) is 57.8 Å². The molecule has 0 saturated carbocycles. The van der Waals surface area contributed by atoms with Crippen LogP contribution in [0.1, 0.15) is 89.9 Å². The van der Waals surface area contributed by atoms with Gasteiger partial charge in [0.15, 0.2) is 0 Å². The zero-order valence-electron chi connectivity index (χ0n) is 27.0. The van der Waals surface area contributed by atoms with Gasteiger partial charge in [0.05, 0.1) is 39.6 Å². The van der Waals surface area contributed by atoms with Crippen molar-refractivity contribution >= 4 is 35.9 Å². The van der Waals surface area contributed by atoms with Crippen LogP contribution in [0.3, 0.4) is 0 Å². The van der Waals surface area contributed by atoms with Gasteiger partial charge >= 0.3 is 11.9 Å². The maximum Gasteiger partial charge on any atom is 0.326 e. The summed E-state index contributed by atoms with van der Waals surface area (Å²) in [6.45, 7) is 1.77. The Morgan fingerprint density at radius 3 is 1.61 bits per heavy atom. The molecule has 0 aliphatic heterocycles. The van der Waals surface area contributed by atoms with Crippen molar-refractivity contribution in [2.24, 2.45) is 0 Å². The SMILES string of the molecule is O=[C]COCCOCCNC(=O)COCCOCCNC(=O)CC[C@H](NC(=O)CCCCCCCCCCCCC(=O)O)C(=O)O. The number of carboxylic acid groups (broad SMARTS) is 2. The second kappa shape index (κ2) is 31.8. The van der Waals surface area contributed by atoms with Gasteiger partial charge in [-0.3, -0.25) is 24.0 Å². The molecule has 0 bridgehead atoms. The largest absolute Gasteiger partial charge is 0.481 e. The third kappa shape index (κ3) is 30.9. The van der Waals surface area contributed by atoms with E-state index in [4.69, 9.17) is 24.1 Å². The van der Waals surface area contributed by atoms with Gasteiger partial charge in [-0.15, -0.1) is 0 Å². The summed E-state index contributed by atoms with van der Waals surface area (Å²) in [6, 6.07) is -1.14. The number of unbranched alkanes of at least 4 members (excludes halogenated alkanes) is 9. The third-order valence-electron chi connectivity index (χ3n) is 6.61. The Labute approximate surface area is 271 Å². The van der Waals surface area contributed by atoms with Gasteiger partial charge in [-0.25, -0.2) is 4.79 Å². The van der Waals surface area contributed by atoms with Crippen LogP contribution in [-0.4, -0.2) is 118 Å². The van der Waals surface area contributed by atoms with Crippen LogP contribution < -0.4 is 16.0 Å². The Balaban J connectivity index is 3.70. The second-order valence-corrected chi connectivity index (χ2v) is 10.6. The molecule has 15 heteroatoms. The average Bonchev–Trinajstić information content (AvgIpc) is 3.02. The van der Waals surface area contributed by atoms with E-state index in [1.807, 2.05) is 0 Å². The number of ether oxygens (including phenoxy) is 4. The molecular formula is C31H54N3O12. The predicted octanol–water partition coefficient (Wildman–Crippen LogP) is 1.51. The van der Waals surface area contributed by atoms with E-state index >= 15 is 0 Å². The molecule has 0 unspecified atom stereocenters. The first kappa shape index (κ1) is 42.9. The normalized spacial score (nSPS) is 11.5. The molecule has 0 aliphatic rings. The number of carbonyl (C=O) groups excluding carboxylic acids is 4. The molecule has 0 heterocycles. The Bertz CT molecular complexity index is 844. The summed E-state index contributed by atoms with van der Waals surface area (Å²) in [5.41, 5.74) is 0. The molecule has 1 atom stereocenters. The smallest absolute Gasteiger partial charge is 0.326 e. The van der Waals surface area contributed by atoms with E-state index in [1.54, 1.807) is 6.29 Å². The van der Waals surface area contributed by atoms with Crippen LogP contribution in [-0.2, 0) is 47.7 Å². The minimum atomic E-state index is -1.19. The minimum Gasteiger partial charge on any atom is -0.481 e. The first-order chi connectivity index (χ1) is 22.3. The molecule has 0 aromatic carbocycles. The highest BCUT2D eigenvalue weighted by Gasteiger charge is 2.20. The summed E-state index contributed by atoms with van der Waals surface area (Å²) in [6.07, 6.45) is 11.7. The molecule has 0 aliphatic carbocycles. The molecule has 265 valence electrons. The standard InChI is InChI=1S/C31H54N3O12/c35-17-20-45-22-21-43-19-16-33-29(38)25-46-24-23-44-18-15-32-27(36)14-13-26(31(41)42)34-28(37)11-9-7-5-3-1-2-4-6-8-10-12-30(39)40/h26H,1-16,18-25H2,(H,32,36)(H,33,38)(H,34,37)(H,39,40)(H,41,42)/t26-/m0/s1. The molecule has 0 saturated heterocycles. The summed E-state index contributed by atoms with van der Waals surface area (Å²) < 4.78 is 20.6. The number of hydrogen-bond donors (Lipinski definition) is 5. The van der Waals surface area contributed by atoms with Gasteiger partial charge in [-0.05, 0) is 19.3 Å². The van der Waals surface area contributed by atoms with Crippen molar-refractivity contribution in [2.45, 2.75) is 95.9 Å². The van der Waals surface area contributed by atoms with Gasteiger partial charge in [0.1, 0.15) is 19.3 Å². The van der Waals surface area contributed by atoms with E-state index in [0.29, 0.717) is 26.2 Å². The molecule has 46 heavy (non-hydrogen) atoms. The Kier molecular flexibility index (Phi) is 29.7. The lowest BCUT2D eigenvalue weighted by molar-refractivity contribution is -0.142. The molecule has 0 fully saturated rings.